The number of alkyl halides is 3. The summed E-state index contributed by atoms with van der Waals surface area (Å²) in [6.07, 6.45) is -1.65. The van der Waals surface area contributed by atoms with Crippen molar-refractivity contribution in [2.24, 2.45) is 5.92 Å². The summed E-state index contributed by atoms with van der Waals surface area (Å²) >= 11 is 0. The van der Waals surface area contributed by atoms with Crippen LogP contribution in [0.2, 0.25) is 0 Å². The second-order valence-corrected chi connectivity index (χ2v) is 4.57. The molecule has 1 aromatic carbocycles. The van der Waals surface area contributed by atoms with Crippen LogP contribution in [0.5, 0.6) is 0 Å². The molecule has 1 atom stereocenters. The molecule has 1 nitrogen and oxygen atoms in total. The maximum absolute atomic E-state index is 12.8. The minimum atomic E-state index is -4.24. The van der Waals surface area contributed by atoms with Crippen LogP contribution < -0.4 is 5.32 Å². The Morgan fingerprint density at radius 1 is 1.24 bits per heavy atom. The summed E-state index contributed by atoms with van der Waals surface area (Å²) in [4.78, 5) is 0. The zero-order valence-corrected chi connectivity index (χ0v) is 9.56. The second kappa shape index (κ2) is 5.08. The van der Waals surface area contributed by atoms with Gasteiger partial charge in [0.05, 0.1) is 5.56 Å². The predicted molar refractivity (Wildman–Crippen MR) is 60.7 cm³/mol. The number of benzene rings is 1. The molecule has 2 rings (SSSR count). The summed E-state index contributed by atoms with van der Waals surface area (Å²) in [6.45, 7) is 1.81. The van der Waals surface area contributed by atoms with Gasteiger partial charge in [-0.1, -0.05) is 18.2 Å². The second-order valence-electron chi connectivity index (χ2n) is 4.57. The molecule has 0 bridgehead atoms. The van der Waals surface area contributed by atoms with Gasteiger partial charge in [0, 0.05) is 0 Å². The van der Waals surface area contributed by atoms with Crippen molar-refractivity contribution in [2.75, 3.05) is 13.1 Å². The van der Waals surface area contributed by atoms with E-state index in [2.05, 4.69) is 5.32 Å². The molecular weight excluding hydrogens is 227 g/mol. The molecule has 1 aliphatic heterocycles. The van der Waals surface area contributed by atoms with Crippen LogP contribution in [0.3, 0.4) is 0 Å². The van der Waals surface area contributed by atoms with Crippen molar-refractivity contribution in [2.45, 2.75) is 25.4 Å². The molecule has 0 spiro atoms. The van der Waals surface area contributed by atoms with E-state index in [1.54, 1.807) is 12.1 Å². The molecule has 1 heterocycles. The first-order chi connectivity index (χ1) is 8.07. The van der Waals surface area contributed by atoms with Crippen molar-refractivity contribution >= 4 is 0 Å². The highest BCUT2D eigenvalue weighted by Gasteiger charge is 2.33. The molecule has 0 saturated carbocycles. The lowest BCUT2D eigenvalue weighted by molar-refractivity contribution is -0.138. The summed E-state index contributed by atoms with van der Waals surface area (Å²) in [5.74, 6) is 0.326. The van der Waals surface area contributed by atoms with Gasteiger partial charge in [-0.3, -0.25) is 0 Å². The van der Waals surface area contributed by atoms with E-state index >= 15 is 0 Å². The van der Waals surface area contributed by atoms with Crippen LogP contribution in [-0.4, -0.2) is 13.1 Å². The van der Waals surface area contributed by atoms with Gasteiger partial charge in [-0.05, 0) is 49.9 Å². The maximum Gasteiger partial charge on any atom is 0.416 e. The molecule has 0 aliphatic carbocycles. The van der Waals surface area contributed by atoms with E-state index in [0.717, 1.165) is 25.9 Å². The van der Waals surface area contributed by atoms with Crippen molar-refractivity contribution in [3.8, 4) is 0 Å². The smallest absolute Gasteiger partial charge is 0.316 e. The maximum atomic E-state index is 12.8. The summed E-state index contributed by atoms with van der Waals surface area (Å²) in [5, 5.41) is 3.23. The number of hydrogen-bond donors (Lipinski definition) is 1. The van der Waals surface area contributed by atoms with Crippen LogP contribution in [0.1, 0.15) is 24.0 Å². The zero-order chi connectivity index (χ0) is 12.3. The molecule has 4 heteroatoms. The summed E-state index contributed by atoms with van der Waals surface area (Å²) in [6, 6.07) is 5.90. The Kier molecular flexibility index (Phi) is 3.72. The zero-order valence-electron chi connectivity index (χ0n) is 9.56. The lowest BCUT2D eigenvalue weighted by atomic mass is 9.90. The standard InChI is InChI=1S/C13H16F3N/c14-13(15,16)12-6-2-1-5-11(12)8-10-4-3-7-17-9-10/h1-2,5-6,10,17H,3-4,7-9H2/t10-/m1/s1. The Labute approximate surface area is 99.0 Å². The fourth-order valence-corrected chi connectivity index (χ4v) is 2.38. The van der Waals surface area contributed by atoms with Crippen molar-refractivity contribution in [3.05, 3.63) is 35.4 Å². The van der Waals surface area contributed by atoms with Gasteiger partial charge in [-0.2, -0.15) is 13.2 Å². The van der Waals surface area contributed by atoms with Gasteiger partial charge in [-0.25, -0.2) is 0 Å². The molecular formula is C13H16F3N. The third-order valence-electron chi connectivity index (χ3n) is 3.23. The average molecular weight is 243 g/mol. The van der Waals surface area contributed by atoms with E-state index in [4.69, 9.17) is 0 Å². The van der Waals surface area contributed by atoms with E-state index in [-0.39, 0.29) is 0 Å². The first-order valence-electron chi connectivity index (χ1n) is 5.93. The quantitative estimate of drug-likeness (QED) is 0.840. The first kappa shape index (κ1) is 12.4. The van der Waals surface area contributed by atoms with Gasteiger partial charge in [0.1, 0.15) is 0 Å². The highest BCUT2D eigenvalue weighted by molar-refractivity contribution is 5.30. The topological polar surface area (TPSA) is 12.0 Å². The predicted octanol–water partition coefficient (Wildman–Crippen LogP) is 3.25. The third kappa shape index (κ3) is 3.22. The number of rotatable bonds is 2. The number of nitrogens with one attached hydrogen (secondary N) is 1. The van der Waals surface area contributed by atoms with Crippen LogP contribution in [0.4, 0.5) is 13.2 Å². The van der Waals surface area contributed by atoms with Gasteiger partial charge in [0.25, 0.3) is 0 Å². The van der Waals surface area contributed by atoms with E-state index in [1.165, 1.54) is 12.1 Å². The Morgan fingerprint density at radius 3 is 2.65 bits per heavy atom. The highest BCUT2D eigenvalue weighted by Crippen LogP contribution is 2.33. The van der Waals surface area contributed by atoms with Gasteiger partial charge in [-0.15, -0.1) is 0 Å². The molecule has 0 radical (unpaired) electrons. The van der Waals surface area contributed by atoms with Crippen molar-refractivity contribution in [1.82, 2.24) is 5.32 Å². The first-order valence-corrected chi connectivity index (χ1v) is 5.93. The van der Waals surface area contributed by atoms with Crippen molar-refractivity contribution < 1.29 is 13.2 Å². The molecule has 0 aromatic heterocycles. The molecule has 1 aromatic rings. The number of hydrogen-bond acceptors (Lipinski definition) is 1. The molecule has 94 valence electrons. The Balaban J connectivity index is 2.14. The third-order valence-corrected chi connectivity index (χ3v) is 3.23. The molecule has 0 amide bonds. The van der Waals surface area contributed by atoms with Crippen LogP contribution in [0, 0.1) is 5.92 Å². The van der Waals surface area contributed by atoms with E-state index < -0.39 is 11.7 Å². The van der Waals surface area contributed by atoms with Crippen LogP contribution in [0.25, 0.3) is 0 Å². The summed E-state index contributed by atoms with van der Waals surface area (Å²) in [7, 11) is 0. The fourth-order valence-electron chi connectivity index (χ4n) is 2.38. The minimum Gasteiger partial charge on any atom is -0.316 e. The van der Waals surface area contributed by atoms with Crippen molar-refractivity contribution in [1.29, 1.82) is 0 Å². The van der Waals surface area contributed by atoms with Crippen LogP contribution in [0.15, 0.2) is 24.3 Å². The minimum absolute atomic E-state index is 0.326. The molecule has 1 aliphatic rings. The van der Waals surface area contributed by atoms with Gasteiger partial charge >= 0.3 is 6.18 Å². The Bertz CT molecular complexity index is 367. The van der Waals surface area contributed by atoms with Gasteiger partial charge in [0.2, 0.25) is 0 Å². The van der Waals surface area contributed by atoms with Crippen LogP contribution in [-0.2, 0) is 12.6 Å². The largest absolute Gasteiger partial charge is 0.416 e. The number of piperidine rings is 1. The van der Waals surface area contributed by atoms with E-state index in [9.17, 15) is 13.2 Å². The van der Waals surface area contributed by atoms with E-state index in [0.29, 0.717) is 17.9 Å². The molecule has 1 fully saturated rings. The summed E-state index contributed by atoms with van der Waals surface area (Å²) in [5.41, 5.74) is -0.0562. The van der Waals surface area contributed by atoms with Gasteiger partial charge in [0.15, 0.2) is 0 Å². The highest BCUT2D eigenvalue weighted by atomic mass is 19.4. The van der Waals surface area contributed by atoms with E-state index in [1.807, 2.05) is 0 Å². The lowest BCUT2D eigenvalue weighted by Crippen LogP contribution is -2.31. The molecule has 0 unspecified atom stereocenters. The molecule has 17 heavy (non-hydrogen) atoms. The van der Waals surface area contributed by atoms with Crippen LogP contribution >= 0.6 is 0 Å². The Morgan fingerprint density at radius 2 is 2.00 bits per heavy atom. The Hall–Kier alpha value is -1.03. The molecule has 1 saturated heterocycles. The number of halogens is 3. The van der Waals surface area contributed by atoms with Crippen molar-refractivity contribution in [3.63, 3.8) is 0 Å². The lowest BCUT2D eigenvalue weighted by Gasteiger charge is -2.24. The normalized spacial score (nSPS) is 21.5. The average Bonchev–Trinajstić information content (AvgIpc) is 2.30. The van der Waals surface area contributed by atoms with Gasteiger partial charge < -0.3 is 5.32 Å². The monoisotopic (exact) mass is 243 g/mol. The molecule has 1 N–H and O–H groups in total. The fraction of sp³-hybridized carbons (Fsp3) is 0.538. The summed E-state index contributed by atoms with van der Waals surface area (Å²) < 4.78 is 38.4. The SMILES string of the molecule is FC(F)(F)c1ccccc1C[C@H]1CCCNC1.